The minimum atomic E-state index is -0.956. The van der Waals surface area contributed by atoms with Gasteiger partial charge in [0.1, 0.15) is 11.3 Å². The van der Waals surface area contributed by atoms with Crippen LogP contribution in [-0.4, -0.2) is 30.8 Å². The third kappa shape index (κ3) is 4.26. The predicted octanol–water partition coefficient (Wildman–Crippen LogP) is 3.72. The van der Waals surface area contributed by atoms with E-state index in [1.54, 1.807) is 49.4 Å². The van der Waals surface area contributed by atoms with Crippen LogP contribution in [-0.2, 0) is 4.74 Å². The molecule has 1 N–H and O–H groups in total. The summed E-state index contributed by atoms with van der Waals surface area (Å²) in [7, 11) is 1.49. The molecular weight excluding hydrogens is 316 g/mol. The van der Waals surface area contributed by atoms with Crippen molar-refractivity contribution in [1.29, 1.82) is 0 Å². The second kappa shape index (κ2) is 7.69. The molecule has 0 spiro atoms. The highest BCUT2D eigenvalue weighted by atomic mass is 32.2. The fraction of sp³-hybridized carbons (Fsp3) is 0.176. The van der Waals surface area contributed by atoms with E-state index >= 15 is 0 Å². The monoisotopic (exact) mass is 332 g/mol. The van der Waals surface area contributed by atoms with Crippen LogP contribution in [0.1, 0.15) is 27.6 Å². The SMILES string of the molecule is CCOC(=O)c1ccc(Sc2ccc(C(=O)O)cc2)cc1OC. The van der Waals surface area contributed by atoms with Gasteiger partial charge in [-0.15, -0.1) is 0 Å². The molecule has 0 aliphatic rings. The van der Waals surface area contributed by atoms with Crippen LogP contribution >= 0.6 is 11.8 Å². The van der Waals surface area contributed by atoms with Crippen LogP contribution in [0.3, 0.4) is 0 Å². The van der Waals surface area contributed by atoms with Gasteiger partial charge < -0.3 is 14.6 Å². The van der Waals surface area contributed by atoms with Crippen LogP contribution in [0.15, 0.2) is 52.3 Å². The molecule has 2 aromatic carbocycles. The van der Waals surface area contributed by atoms with Gasteiger partial charge in [0, 0.05) is 9.79 Å². The zero-order valence-corrected chi connectivity index (χ0v) is 13.6. The van der Waals surface area contributed by atoms with Crippen molar-refractivity contribution in [2.75, 3.05) is 13.7 Å². The Morgan fingerprint density at radius 2 is 1.74 bits per heavy atom. The second-order valence-corrected chi connectivity index (χ2v) is 5.66. The highest BCUT2D eigenvalue weighted by molar-refractivity contribution is 7.99. The fourth-order valence-corrected chi connectivity index (χ4v) is 2.76. The Morgan fingerprint density at radius 3 is 2.30 bits per heavy atom. The molecule has 2 rings (SSSR count). The number of carboxylic acid groups (broad SMARTS) is 1. The number of aromatic carboxylic acids is 1. The first-order chi connectivity index (χ1) is 11.0. The van der Waals surface area contributed by atoms with E-state index in [9.17, 15) is 9.59 Å². The van der Waals surface area contributed by atoms with E-state index < -0.39 is 11.9 Å². The Hall–Kier alpha value is -2.47. The molecule has 0 aromatic heterocycles. The summed E-state index contributed by atoms with van der Waals surface area (Å²) in [5, 5.41) is 8.89. The van der Waals surface area contributed by atoms with Crippen LogP contribution in [0.2, 0.25) is 0 Å². The van der Waals surface area contributed by atoms with Gasteiger partial charge in [-0.1, -0.05) is 11.8 Å². The number of benzene rings is 2. The van der Waals surface area contributed by atoms with Crippen molar-refractivity contribution in [3.8, 4) is 5.75 Å². The second-order valence-electron chi connectivity index (χ2n) is 4.51. The molecule has 0 unspecified atom stereocenters. The summed E-state index contributed by atoms with van der Waals surface area (Å²) in [6.45, 7) is 2.05. The average Bonchev–Trinajstić information content (AvgIpc) is 2.55. The Bertz CT molecular complexity index is 709. The molecule has 0 fully saturated rings. The number of esters is 1. The van der Waals surface area contributed by atoms with Gasteiger partial charge in [-0.2, -0.15) is 0 Å². The third-order valence-electron chi connectivity index (χ3n) is 3.01. The summed E-state index contributed by atoms with van der Waals surface area (Å²) >= 11 is 1.45. The summed E-state index contributed by atoms with van der Waals surface area (Å²) in [4.78, 5) is 24.4. The van der Waals surface area contributed by atoms with E-state index in [0.29, 0.717) is 17.9 Å². The highest BCUT2D eigenvalue weighted by Gasteiger charge is 2.14. The van der Waals surface area contributed by atoms with Crippen molar-refractivity contribution >= 4 is 23.7 Å². The number of rotatable bonds is 6. The lowest BCUT2D eigenvalue weighted by molar-refractivity contribution is 0.0522. The molecule has 5 nitrogen and oxygen atoms in total. The van der Waals surface area contributed by atoms with Crippen molar-refractivity contribution in [2.24, 2.45) is 0 Å². The van der Waals surface area contributed by atoms with Gasteiger partial charge in [0.2, 0.25) is 0 Å². The first-order valence-corrected chi connectivity index (χ1v) is 7.73. The van der Waals surface area contributed by atoms with Gasteiger partial charge in [0.05, 0.1) is 19.3 Å². The molecule has 0 aliphatic carbocycles. The minimum absolute atomic E-state index is 0.240. The normalized spacial score (nSPS) is 10.2. The van der Waals surface area contributed by atoms with Gasteiger partial charge in [-0.05, 0) is 49.4 Å². The molecule has 0 saturated carbocycles. The van der Waals surface area contributed by atoms with Crippen molar-refractivity contribution in [3.05, 3.63) is 53.6 Å². The summed E-state index contributed by atoms with van der Waals surface area (Å²) in [5.41, 5.74) is 0.615. The average molecular weight is 332 g/mol. The quantitative estimate of drug-likeness (QED) is 0.813. The zero-order chi connectivity index (χ0) is 16.8. The summed E-state index contributed by atoms with van der Waals surface area (Å²) in [6, 6.07) is 11.8. The number of ether oxygens (including phenoxy) is 2. The summed E-state index contributed by atoms with van der Waals surface area (Å²) in [5.74, 6) is -0.940. The Morgan fingerprint density at radius 1 is 1.09 bits per heavy atom. The summed E-state index contributed by atoms with van der Waals surface area (Å²) < 4.78 is 10.2. The van der Waals surface area contributed by atoms with Crippen molar-refractivity contribution in [1.82, 2.24) is 0 Å². The van der Waals surface area contributed by atoms with Crippen molar-refractivity contribution in [2.45, 2.75) is 16.7 Å². The van der Waals surface area contributed by atoms with Gasteiger partial charge in [-0.25, -0.2) is 9.59 Å². The molecule has 0 amide bonds. The molecule has 6 heteroatoms. The number of methoxy groups -OCH3 is 1. The number of hydrogen-bond donors (Lipinski definition) is 1. The third-order valence-corrected chi connectivity index (χ3v) is 4.00. The smallest absolute Gasteiger partial charge is 0.341 e. The topological polar surface area (TPSA) is 72.8 Å². The van der Waals surface area contributed by atoms with Crippen LogP contribution in [0.5, 0.6) is 5.75 Å². The molecule has 120 valence electrons. The predicted molar refractivity (Wildman–Crippen MR) is 86.5 cm³/mol. The van der Waals surface area contributed by atoms with E-state index in [4.69, 9.17) is 14.6 Å². The summed E-state index contributed by atoms with van der Waals surface area (Å²) in [6.07, 6.45) is 0. The lowest BCUT2D eigenvalue weighted by atomic mass is 10.2. The van der Waals surface area contributed by atoms with Crippen LogP contribution in [0, 0.1) is 0 Å². The molecule has 0 saturated heterocycles. The number of carbonyl (C=O) groups excluding carboxylic acids is 1. The molecule has 0 heterocycles. The van der Waals surface area contributed by atoms with E-state index in [1.165, 1.54) is 18.9 Å². The maximum Gasteiger partial charge on any atom is 0.341 e. The standard InChI is InChI=1S/C17H16O5S/c1-3-22-17(20)14-9-8-13(10-15(14)21-2)23-12-6-4-11(5-7-12)16(18)19/h4-10H,3H2,1-2H3,(H,18,19). The van der Waals surface area contributed by atoms with E-state index in [2.05, 4.69) is 0 Å². The molecule has 23 heavy (non-hydrogen) atoms. The fourth-order valence-electron chi connectivity index (χ4n) is 1.91. The Balaban J connectivity index is 2.20. The Labute approximate surface area is 138 Å². The van der Waals surface area contributed by atoms with Gasteiger partial charge in [-0.3, -0.25) is 0 Å². The van der Waals surface area contributed by atoms with E-state index in [-0.39, 0.29) is 5.56 Å². The number of carboxylic acids is 1. The van der Waals surface area contributed by atoms with E-state index in [0.717, 1.165) is 9.79 Å². The van der Waals surface area contributed by atoms with Gasteiger partial charge in [0.15, 0.2) is 0 Å². The number of hydrogen-bond acceptors (Lipinski definition) is 5. The largest absolute Gasteiger partial charge is 0.496 e. The molecule has 2 aromatic rings. The Kier molecular flexibility index (Phi) is 5.65. The molecule has 0 radical (unpaired) electrons. The number of carbonyl (C=O) groups is 2. The zero-order valence-electron chi connectivity index (χ0n) is 12.7. The van der Waals surface area contributed by atoms with Gasteiger partial charge >= 0.3 is 11.9 Å². The molecule has 0 aliphatic heterocycles. The van der Waals surface area contributed by atoms with Crippen LogP contribution in [0.25, 0.3) is 0 Å². The van der Waals surface area contributed by atoms with Crippen molar-refractivity contribution in [3.63, 3.8) is 0 Å². The molecule has 0 bridgehead atoms. The first kappa shape index (κ1) is 16.9. The maximum atomic E-state index is 11.8. The van der Waals surface area contributed by atoms with Crippen LogP contribution < -0.4 is 4.74 Å². The minimum Gasteiger partial charge on any atom is -0.496 e. The maximum absolute atomic E-state index is 11.8. The highest BCUT2D eigenvalue weighted by Crippen LogP contribution is 2.32. The molecule has 0 atom stereocenters. The van der Waals surface area contributed by atoms with Crippen molar-refractivity contribution < 1.29 is 24.2 Å². The molecular formula is C17H16O5S. The lowest BCUT2D eigenvalue weighted by Gasteiger charge is -2.10. The first-order valence-electron chi connectivity index (χ1n) is 6.91. The van der Waals surface area contributed by atoms with Crippen LogP contribution in [0.4, 0.5) is 0 Å². The lowest BCUT2D eigenvalue weighted by Crippen LogP contribution is -2.06. The van der Waals surface area contributed by atoms with Gasteiger partial charge in [0.25, 0.3) is 0 Å². The van der Waals surface area contributed by atoms with E-state index in [1.807, 2.05) is 0 Å².